The second-order valence-electron chi connectivity index (χ2n) is 2.36. The Morgan fingerprint density at radius 3 is 2.89 bits per heavy atom. The third-order valence-electron chi connectivity index (χ3n) is 1.76. The first-order chi connectivity index (χ1) is 4.36. The zero-order chi connectivity index (χ0) is 6.69. The van der Waals surface area contributed by atoms with E-state index in [-0.39, 0.29) is 5.92 Å². The average molecular weight is 122 g/mol. The predicted octanol–water partition coefficient (Wildman–Crippen LogP) is 1.38. The number of aliphatic imine (C=N–C) groups is 1. The lowest BCUT2D eigenvalue weighted by atomic mass is 10.1. The largest absolute Gasteiger partial charge is 0.297 e. The van der Waals surface area contributed by atoms with Gasteiger partial charge in [-0.2, -0.15) is 5.26 Å². The predicted molar refractivity (Wildman–Crippen MR) is 36.3 cm³/mol. The first kappa shape index (κ1) is 6.28. The molecule has 1 aliphatic rings. The lowest BCUT2D eigenvalue weighted by Gasteiger charge is -1.89. The Hall–Kier alpha value is -0.840. The van der Waals surface area contributed by atoms with E-state index in [2.05, 4.69) is 11.1 Å². The van der Waals surface area contributed by atoms with Crippen LogP contribution in [-0.4, -0.2) is 12.8 Å². The van der Waals surface area contributed by atoms with Gasteiger partial charge >= 0.3 is 0 Å². The van der Waals surface area contributed by atoms with E-state index in [4.69, 9.17) is 5.26 Å². The minimum Gasteiger partial charge on any atom is -0.297 e. The van der Waals surface area contributed by atoms with Gasteiger partial charge in [0.2, 0.25) is 0 Å². The molecule has 1 atom stereocenters. The Labute approximate surface area is 55.2 Å². The number of hydrogen-bond donors (Lipinski definition) is 0. The van der Waals surface area contributed by atoms with E-state index < -0.39 is 0 Å². The Kier molecular flexibility index (Phi) is 1.84. The molecule has 48 valence electrons. The number of rotatable bonds is 0. The van der Waals surface area contributed by atoms with E-state index in [1.165, 1.54) is 5.71 Å². The van der Waals surface area contributed by atoms with Crippen molar-refractivity contribution in [3.63, 3.8) is 0 Å². The zero-order valence-corrected chi connectivity index (χ0v) is 5.59. The smallest absolute Gasteiger partial charge is 0.0659 e. The molecule has 0 spiro atoms. The van der Waals surface area contributed by atoms with Crippen LogP contribution in [0.2, 0.25) is 0 Å². The Balaban J connectivity index is 2.50. The summed E-state index contributed by atoms with van der Waals surface area (Å²) in [6.45, 7) is 0. The van der Waals surface area contributed by atoms with Crippen molar-refractivity contribution in [2.45, 2.75) is 19.3 Å². The van der Waals surface area contributed by atoms with E-state index in [1.807, 2.05) is 0 Å². The summed E-state index contributed by atoms with van der Waals surface area (Å²) in [5, 5.41) is 8.47. The lowest BCUT2D eigenvalue weighted by Crippen LogP contribution is -1.90. The summed E-state index contributed by atoms with van der Waals surface area (Å²) >= 11 is 0. The minimum atomic E-state index is 0.253. The molecular formula is C7H10N2. The molecule has 2 heteroatoms. The van der Waals surface area contributed by atoms with Gasteiger partial charge in [0.1, 0.15) is 0 Å². The molecule has 0 amide bonds. The quantitative estimate of drug-likeness (QED) is 0.478. The van der Waals surface area contributed by atoms with Gasteiger partial charge in [0.05, 0.1) is 12.0 Å². The molecular weight excluding hydrogens is 112 g/mol. The highest BCUT2D eigenvalue weighted by molar-refractivity contribution is 5.86. The van der Waals surface area contributed by atoms with Gasteiger partial charge in [0, 0.05) is 19.2 Å². The zero-order valence-electron chi connectivity index (χ0n) is 5.59. The maximum atomic E-state index is 8.47. The highest BCUT2D eigenvalue weighted by Gasteiger charge is 2.18. The van der Waals surface area contributed by atoms with E-state index in [0.29, 0.717) is 0 Å². The summed E-state index contributed by atoms with van der Waals surface area (Å²) in [5.74, 6) is 0.253. The van der Waals surface area contributed by atoms with E-state index >= 15 is 0 Å². The fourth-order valence-electron chi connectivity index (χ4n) is 1.14. The molecule has 1 unspecified atom stereocenters. The Morgan fingerprint density at radius 1 is 1.78 bits per heavy atom. The van der Waals surface area contributed by atoms with Crippen LogP contribution in [0.1, 0.15) is 19.3 Å². The van der Waals surface area contributed by atoms with Gasteiger partial charge in [-0.3, -0.25) is 4.99 Å². The van der Waals surface area contributed by atoms with Crippen LogP contribution >= 0.6 is 0 Å². The van der Waals surface area contributed by atoms with Crippen LogP contribution in [0.4, 0.5) is 0 Å². The molecule has 2 nitrogen and oxygen atoms in total. The molecule has 1 rings (SSSR count). The maximum Gasteiger partial charge on any atom is 0.0659 e. The third kappa shape index (κ3) is 1.29. The molecule has 0 N–H and O–H groups in total. The topological polar surface area (TPSA) is 36.1 Å². The summed E-state index contributed by atoms with van der Waals surface area (Å²) in [5.41, 5.74) is 1.21. The Bertz CT molecular complexity index is 164. The van der Waals surface area contributed by atoms with Crippen molar-refractivity contribution in [3.8, 4) is 6.07 Å². The van der Waals surface area contributed by atoms with Crippen molar-refractivity contribution in [3.05, 3.63) is 0 Å². The van der Waals surface area contributed by atoms with Crippen LogP contribution in [0.25, 0.3) is 0 Å². The average Bonchev–Trinajstić information content (AvgIpc) is 2.34. The van der Waals surface area contributed by atoms with Crippen LogP contribution in [0.5, 0.6) is 0 Å². The summed E-state index contributed by atoms with van der Waals surface area (Å²) in [6, 6.07) is 2.25. The van der Waals surface area contributed by atoms with Crippen LogP contribution in [0, 0.1) is 17.2 Å². The van der Waals surface area contributed by atoms with Gasteiger partial charge in [-0.1, -0.05) is 0 Å². The standard InChI is InChI=1S/C7H10N2/c1-9-7-3-2-6(4-7)5-8/h6H,2-4H2,1H3. The van der Waals surface area contributed by atoms with Crippen LogP contribution in [-0.2, 0) is 0 Å². The summed E-state index contributed by atoms with van der Waals surface area (Å²) < 4.78 is 0. The fraction of sp³-hybridized carbons (Fsp3) is 0.714. The van der Waals surface area contributed by atoms with Crippen molar-refractivity contribution in [1.82, 2.24) is 0 Å². The molecule has 9 heavy (non-hydrogen) atoms. The Morgan fingerprint density at radius 2 is 2.56 bits per heavy atom. The molecule has 1 aliphatic carbocycles. The third-order valence-corrected chi connectivity index (χ3v) is 1.76. The van der Waals surface area contributed by atoms with E-state index in [9.17, 15) is 0 Å². The molecule has 1 saturated carbocycles. The van der Waals surface area contributed by atoms with Gasteiger partial charge in [0.25, 0.3) is 0 Å². The second-order valence-corrected chi connectivity index (χ2v) is 2.36. The van der Waals surface area contributed by atoms with Crippen LogP contribution < -0.4 is 0 Å². The number of hydrogen-bond acceptors (Lipinski definition) is 2. The number of nitrogens with zero attached hydrogens (tertiary/aromatic N) is 2. The molecule has 0 aliphatic heterocycles. The molecule has 0 saturated heterocycles. The van der Waals surface area contributed by atoms with Crippen molar-refractivity contribution in [2.75, 3.05) is 7.05 Å². The van der Waals surface area contributed by atoms with E-state index in [1.54, 1.807) is 7.05 Å². The molecule has 0 aromatic rings. The number of nitriles is 1. The monoisotopic (exact) mass is 122 g/mol. The van der Waals surface area contributed by atoms with Crippen LogP contribution in [0.15, 0.2) is 4.99 Å². The van der Waals surface area contributed by atoms with Gasteiger partial charge < -0.3 is 0 Å². The van der Waals surface area contributed by atoms with Crippen LogP contribution in [0.3, 0.4) is 0 Å². The van der Waals surface area contributed by atoms with Crippen molar-refractivity contribution >= 4 is 5.71 Å². The minimum absolute atomic E-state index is 0.253. The fourth-order valence-corrected chi connectivity index (χ4v) is 1.14. The second kappa shape index (κ2) is 2.63. The van der Waals surface area contributed by atoms with Gasteiger partial charge in [-0.05, 0) is 12.8 Å². The molecule has 0 radical (unpaired) electrons. The molecule has 1 fully saturated rings. The first-order valence-corrected chi connectivity index (χ1v) is 3.21. The maximum absolute atomic E-state index is 8.47. The lowest BCUT2D eigenvalue weighted by molar-refractivity contribution is 0.711. The van der Waals surface area contributed by atoms with Crippen molar-refractivity contribution in [1.29, 1.82) is 5.26 Å². The van der Waals surface area contributed by atoms with Gasteiger partial charge in [-0.25, -0.2) is 0 Å². The normalized spacial score (nSPS) is 30.7. The summed E-state index contributed by atoms with van der Waals surface area (Å²) in [7, 11) is 1.80. The van der Waals surface area contributed by atoms with Crippen molar-refractivity contribution in [2.24, 2.45) is 10.9 Å². The first-order valence-electron chi connectivity index (χ1n) is 3.21. The molecule has 0 aromatic carbocycles. The molecule has 0 heterocycles. The van der Waals surface area contributed by atoms with E-state index in [0.717, 1.165) is 19.3 Å². The summed E-state index contributed by atoms with van der Waals surface area (Å²) in [6.07, 6.45) is 2.96. The highest BCUT2D eigenvalue weighted by Crippen LogP contribution is 2.21. The molecule has 0 bridgehead atoms. The van der Waals surface area contributed by atoms with Gasteiger partial charge in [0.15, 0.2) is 0 Å². The van der Waals surface area contributed by atoms with Crippen molar-refractivity contribution < 1.29 is 0 Å². The summed E-state index contributed by atoms with van der Waals surface area (Å²) in [4.78, 5) is 4.05. The molecule has 0 aromatic heterocycles. The van der Waals surface area contributed by atoms with Gasteiger partial charge in [-0.15, -0.1) is 0 Å². The SMILES string of the molecule is CN=C1CCC(C#N)C1. The highest BCUT2D eigenvalue weighted by atomic mass is 14.7.